The molecule has 6 nitrogen and oxygen atoms in total. The Bertz CT molecular complexity index is 670. The Kier molecular flexibility index (Phi) is 4.23. The molecule has 1 N–H and O–H groups in total. The quantitative estimate of drug-likeness (QED) is 0.843. The van der Waals surface area contributed by atoms with E-state index in [9.17, 15) is 4.79 Å². The predicted octanol–water partition coefficient (Wildman–Crippen LogP) is 2.00. The highest BCUT2D eigenvalue weighted by molar-refractivity contribution is 6.01. The Labute approximate surface area is 115 Å². The van der Waals surface area contributed by atoms with Crippen molar-refractivity contribution < 1.29 is 19.0 Å². The van der Waals surface area contributed by atoms with Crippen LogP contribution in [-0.2, 0) is 16.1 Å². The molecule has 0 unspecified atom stereocenters. The van der Waals surface area contributed by atoms with Gasteiger partial charge in [-0.15, -0.1) is 0 Å². The largest absolute Gasteiger partial charge is 0.476 e. The van der Waals surface area contributed by atoms with Gasteiger partial charge in [0.15, 0.2) is 18.1 Å². The number of esters is 1. The van der Waals surface area contributed by atoms with Crippen molar-refractivity contribution in [2.45, 2.75) is 6.61 Å². The van der Waals surface area contributed by atoms with E-state index in [0.717, 1.165) is 16.5 Å². The summed E-state index contributed by atoms with van der Waals surface area (Å²) in [5.74, 6) is -0.214. The minimum absolute atomic E-state index is 0.147. The zero-order valence-corrected chi connectivity index (χ0v) is 11.2. The second-order valence-corrected chi connectivity index (χ2v) is 4.08. The van der Waals surface area contributed by atoms with Crippen LogP contribution in [0.5, 0.6) is 5.75 Å². The Morgan fingerprint density at radius 3 is 2.85 bits per heavy atom. The number of H-pyrrole nitrogens is 1. The first-order valence-corrected chi connectivity index (χ1v) is 5.92. The van der Waals surface area contributed by atoms with Gasteiger partial charge in [0.1, 0.15) is 6.07 Å². The molecule has 1 aromatic heterocycles. The van der Waals surface area contributed by atoms with Crippen molar-refractivity contribution in [3.63, 3.8) is 0 Å². The highest BCUT2D eigenvalue weighted by atomic mass is 16.5. The van der Waals surface area contributed by atoms with Crippen LogP contribution in [0.4, 0.5) is 0 Å². The topological polar surface area (TPSA) is 84.3 Å². The van der Waals surface area contributed by atoms with Gasteiger partial charge in [0.2, 0.25) is 0 Å². The van der Waals surface area contributed by atoms with Gasteiger partial charge < -0.3 is 19.2 Å². The molecule has 0 bridgehead atoms. The van der Waals surface area contributed by atoms with Crippen molar-refractivity contribution in [2.24, 2.45) is 0 Å². The number of nitrogens with zero attached hydrogens (tertiary/aromatic N) is 1. The second-order valence-electron chi connectivity index (χ2n) is 4.08. The summed E-state index contributed by atoms with van der Waals surface area (Å²) in [6.45, 7) is 0.303. The lowest BCUT2D eigenvalue weighted by Crippen LogP contribution is -2.05. The van der Waals surface area contributed by atoms with Gasteiger partial charge >= 0.3 is 5.97 Å². The summed E-state index contributed by atoms with van der Waals surface area (Å²) in [5, 5.41) is 9.36. The van der Waals surface area contributed by atoms with Crippen molar-refractivity contribution in [3.05, 3.63) is 29.5 Å². The fourth-order valence-corrected chi connectivity index (χ4v) is 1.97. The molecule has 1 aromatic carbocycles. The van der Waals surface area contributed by atoms with Gasteiger partial charge in [-0.2, -0.15) is 5.26 Å². The Balaban J connectivity index is 2.55. The van der Waals surface area contributed by atoms with Crippen LogP contribution in [0.15, 0.2) is 18.2 Å². The third-order valence-electron chi connectivity index (χ3n) is 2.80. The van der Waals surface area contributed by atoms with Crippen LogP contribution >= 0.6 is 0 Å². The van der Waals surface area contributed by atoms with Crippen molar-refractivity contribution >= 4 is 16.9 Å². The fraction of sp³-hybridized carbons (Fsp3) is 0.286. The minimum atomic E-state index is -0.539. The number of aromatic nitrogens is 1. The Morgan fingerprint density at radius 1 is 1.40 bits per heavy atom. The number of carbonyl (C=O) groups excluding carboxylic acids is 1. The number of ether oxygens (including phenoxy) is 3. The summed E-state index contributed by atoms with van der Waals surface area (Å²) < 4.78 is 15.1. The van der Waals surface area contributed by atoms with E-state index >= 15 is 0 Å². The molecule has 1 heterocycles. The average Bonchev–Trinajstić information content (AvgIpc) is 2.82. The average molecular weight is 274 g/mol. The highest BCUT2D eigenvalue weighted by Gasteiger charge is 2.20. The summed E-state index contributed by atoms with van der Waals surface area (Å²) >= 11 is 0. The normalized spacial score (nSPS) is 10.2. The number of nitriles is 1. The van der Waals surface area contributed by atoms with Crippen molar-refractivity contribution in [3.8, 4) is 11.8 Å². The molecular formula is C14H14N2O4. The molecule has 0 amide bonds. The number of fused-ring (bicyclic) bond motifs is 1. The Morgan fingerprint density at radius 2 is 2.20 bits per heavy atom. The lowest BCUT2D eigenvalue weighted by Gasteiger charge is -2.04. The third kappa shape index (κ3) is 2.58. The summed E-state index contributed by atoms with van der Waals surface area (Å²) in [5.41, 5.74) is 1.88. The smallest absolute Gasteiger partial charge is 0.358 e. The Hall–Kier alpha value is -2.52. The van der Waals surface area contributed by atoms with Crippen LogP contribution in [-0.4, -0.2) is 31.8 Å². The molecule has 6 heteroatoms. The number of aromatic amines is 1. The molecule has 0 spiro atoms. The van der Waals surface area contributed by atoms with E-state index in [2.05, 4.69) is 4.98 Å². The van der Waals surface area contributed by atoms with Crippen LogP contribution in [0.3, 0.4) is 0 Å². The van der Waals surface area contributed by atoms with Gasteiger partial charge in [0.25, 0.3) is 0 Å². The zero-order chi connectivity index (χ0) is 14.5. The maximum Gasteiger partial charge on any atom is 0.358 e. The summed E-state index contributed by atoms with van der Waals surface area (Å²) in [6, 6.07) is 7.45. The van der Waals surface area contributed by atoms with Gasteiger partial charge in [-0.05, 0) is 17.7 Å². The van der Waals surface area contributed by atoms with Crippen molar-refractivity contribution in [1.29, 1.82) is 5.26 Å². The second kappa shape index (κ2) is 6.08. The van der Waals surface area contributed by atoms with Crippen LogP contribution < -0.4 is 4.74 Å². The molecular weight excluding hydrogens is 260 g/mol. The number of rotatable bonds is 5. The van der Waals surface area contributed by atoms with E-state index in [1.54, 1.807) is 7.11 Å². The predicted molar refractivity (Wildman–Crippen MR) is 71.5 cm³/mol. The molecule has 0 radical (unpaired) electrons. The zero-order valence-electron chi connectivity index (χ0n) is 11.2. The number of hydrogen-bond donors (Lipinski definition) is 1. The molecule has 0 aliphatic carbocycles. The van der Waals surface area contributed by atoms with Crippen molar-refractivity contribution in [2.75, 3.05) is 20.8 Å². The van der Waals surface area contributed by atoms with E-state index in [1.807, 2.05) is 24.3 Å². The molecule has 0 aliphatic rings. The van der Waals surface area contributed by atoms with E-state index in [0.29, 0.717) is 12.4 Å². The molecule has 0 saturated heterocycles. The third-order valence-corrected chi connectivity index (χ3v) is 2.80. The summed E-state index contributed by atoms with van der Waals surface area (Å²) in [4.78, 5) is 14.7. The van der Waals surface area contributed by atoms with Crippen LogP contribution in [0.1, 0.15) is 16.1 Å². The number of methoxy groups -OCH3 is 2. The SMILES string of the molecule is COCc1ccc2[nH]c(C(=O)OC)c(OCC#N)c2c1. The molecule has 0 fully saturated rings. The van der Waals surface area contributed by atoms with E-state index in [1.165, 1.54) is 7.11 Å². The van der Waals surface area contributed by atoms with Gasteiger partial charge in [0.05, 0.1) is 13.7 Å². The monoisotopic (exact) mass is 274 g/mol. The fourth-order valence-electron chi connectivity index (χ4n) is 1.97. The van der Waals surface area contributed by atoms with Gasteiger partial charge in [-0.3, -0.25) is 0 Å². The molecule has 20 heavy (non-hydrogen) atoms. The molecule has 0 saturated carbocycles. The number of nitrogens with one attached hydrogen (secondary N) is 1. The summed E-state index contributed by atoms with van der Waals surface area (Å²) in [6.07, 6.45) is 0. The van der Waals surface area contributed by atoms with Crippen LogP contribution in [0, 0.1) is 11.3 Å². The maximum atomic E-state index is 11.7. The summed E-state index contributed by atoms with van der Waals surface area (Å²) in [7, 11) is 2.90. The maximum absolute atomic E-state index is 11.7. The standard InChI is InChI=1S/C14H14N2O4/c1-18-8-9-3-4-11-10(7-9)13(20-6-5-15)12(16-11)14(17)19-2/h3-4,7,16H,6,8H2,1-2H3. The van der Waals surface area contributed by atoms with Gasteiger partial charge in [-0.1, -0.05) is 6.07 Å². The van der Waals surface area contributed by atoms with Crippen molar-refractivity contribution in [1.82, 2.24) is 4.98 Å². The van der Waals surface area contributed by atoms with Crippen LogP contribution in [0.2, 0.25) is 0 Å². The van der Waals surface area contributed by atoms with E-state index in [4.69, 9.17) is 19.5 Å². The highest BCUT2D eigenvalue weighted by Crippen LogP contribution is 2.31. The van der Waals surface area contributed by atoms with E-state index < -0.39 is 5.97 Å². The number of carbonyl (C=O) groups is 1. The minimum Gasteiger partial charge on any atom is -0.476 e. The number of benzene rings is 1. The van der Waals surface area contributed by atoms with Crippen LogP contribution in [0.25, 0.3) is 10.9 Å². The first-order chi connectivity index (χ1) is 9.71. The lowest BCUT2D eigenvalue weighted by atomic mass is 10.1. The lowest BCUT2D eigenvalue weighted by molar-refractivity contribution is 0.0591. The molecule has 0 aliphatic heterocycles. The first kappa shape index (κ1) is 13.9. The van der Waals surface area contributed by atoms with Gasteiger partial charge in [0, 0.05) is 18.0 Å². The first-order valence-electron chi connectivity index (χ1n) is 5.92. The molecule has 104 valence electrons. The molecule has 2 aromatic rings. The number of hydrogen-bond acceptors (Lipinski definition) is 5. The molecule has 0 atom stereocenters. The van der Waals surface area contributed by atoms with Gasteiger partial charge in [-0.25, -0.2) is 4.79 Å². The van der Waals surface area contributed by atoms with E-state index in [-0.39, 0.29) is 12.3 Å². The molecule has 2 rings (SSSR count).